The number of benzene rings is 1. The van der Waals surface area contributed by atoms with Gasteiger partial charge in [0.15, 0.2) is 0 Å². The van der Waals surface area contributed by atoms with Gasteiger partial charge < -0.3 is 4.90 Å². The molecule has 5 nitrogen and oxygen atoms in total. The monoisotopic (exact) mass is 371 g/mol. The normalized spacial score (nSPS) is 15.7. The fourth-order valence-electron chi connectivity index (χ4n) is 2.62. The first-order valence-corrected chi connectivity index (χ1v) is 9.64. The van der Waals surface area contributed by atoms with E-state index >= 15 is 0 Å². The summed E-state index contributed by atoms with van der Waals surface area (Å²) in [5.74, 6) is 5.26. The van der Waals surface area contributed by atoms with E-state index in [9.17, 15) is 12.8 Å². The molecule has 134 valence electrons. The van der Waals surface area contributed by atoms with Crippen molar-refractivity contribution in [2.24, 2.45) is 0 Å². The van der Waals surface area contributed by atoms with E-state index in [1.165, 1.54) is 22.5 Å². The van der Waals surface area contributed by atoms with Crippen molar-refractivity contribution >= 4 is 15.7 Å². The Balaban J connectivity index is 1.58. The van der Waals surface area contributed by atoms with E-state index in [1.54, 1.807) is 36.7 Å². The highest BCUT2D eigenvalue weighted by Gasteiger charge is 2.25. The third kappa shape index (κ3) is 4.69. The minimum atomic E-state index is -3.50. The molecule has 0 unspecified atom stereocenters. The molecule has 0 radical (unpaired) electrons. The summed E-state index contributed by atoms with van der Waals surface area (Å²) in [6.07, 6.45) is 4.61. The number of hydrogen-bond donors (Lipinski definition) is 0. The zero-order valence-electron chi connectivity index (χ0n) is 14.0. The van der Waals surface area contributed by atoms with Crippen molar-refractivity contribution in [2.45, 2.75) is 0 Å². The lowest BCUT2D eigenvalue weighted by atomic mass is 10.2. The molecule has 2 heterocycles. The maximum absolute atomic E-state index is 13.0. The Morgan fingerprint density at radius 1 is 1.08 bits per heavy atom. The van der Waals surface area contributed by atoms with Crippen LogP contribution in [0.1, 0.15) is 5.56 Å². The maximum atomic E-state index is 13.0. The molecule has 0 saturated carbocycles. The highest BCUT2D eigenvalue weighted by Crippen LogP contribution is 2.18. The van der Waals surface area contributed by atoms with Crippen LogP contribution in [0.3, 0.4) is 0 Å². The van der Waals surface area contributed by atoms with Gasteiger partial charge in [-0.25, -0.2) is 12.8 Å². The number of rotatable bonds is 3. The third-order valence-electron chi connectivity index (χ3n) is 3.99. The molecule has 7 heteroatoms. The zero-order valence-corrected chi connectivity index (χ0v) is 14.9. The lowest BCUT2D eigenvalue weighted by Gasteiger charge is -2.34. The first-order chi connectivity index (χ1) is 12.5. The van der Waals surface area contributed by atoms with E-state index in [0.717, 1.165) is 16.7 Å². The van der Waals surface area contributed by atoms with Gasteiger partial charge in [0, 0.05) is 55.9 Å². The van der Waals surface area contributed by atoms with Crippen molar-refractivity contribution in [3.63, 3.8) is 0 Å². The molecular formula is C19H18FN3O2S. The minimum Gasteiger partial charge on any atom is -0.369 e. The second kappa shape index (κ2) is 8.13. The molecule has 0 spiro atoms. The number of piperazine rings is 1. The maximum Gasteiger partial charge on any atom is 0.236 e. The van der Waals surface area contributed by atoms with Gasteiger partial charge in [-0.1, -0.05) is 11.8 Å². The average Bonchev–Trinajstić information content (AvgIpc) is 2.67. The Kier molecular flexibility index (Phi) is 5.66. The molecule has 0 aliphatic carbocycles. The van der Waals surface area contributed by atoms with Crippen LogP contribution in [-0.4, -0.2) is 43.9 Å². The van der Waals surface area contributed by atoms with Gasteiger partial charge in [-0.3, -0.25) is 4.98 Å². The smallest absolute Gasteiger partial charge is 0.236 e. The summed E-state index contributed by atoms with van der Waals surface area (Å²) in [5.41, 5.74) is 1.61. The summed E-state index contributed by atoms with van der Waals surface area (Å²) in [4.78, 5) is 5.98. The van der Waals surface area contributed by atoms with Gasteiger partial charge in [0.2, 0.25) is 10.0 Å². The Labute approximate surface area is 152 Å². The molecular weight excluding hydrogens is 353 g/mol. The first kappa shape index (κ1) is 18.1. The van der Waals surface area contributed by atoms with Crippen molar-refractivity contribution in [1.29, 1.82) is 0 Å². The lowest BCUT2D eigenvalue weighted by Crippen LogP contribution is -2.48. The van der Waals surface area contributed by atoms with Gasteiger partial charge >= 0.3 is 0 Å². The second-order valence-electron chi connectivity index (χ2n) is 5.72. The van der Waals surface area contributed by atoms with Gasteiger partial charge in [-0.2, -0.15) is 4.31 Å². The van der Waals surface area contributed by atoms with E-state index in [1.807, 2.05) is 4.90 Å². The highest BCUT2D eigenvalue weighted by atomic mass is 32.2. The number of allylic oxidation sites excluding steroid dienone is 1. The SMILES string of the molecule is O=S(=O)(/C=C/C#Cc1cccnc1)N1CCN(c2ccc(F)cc2)CC1. The standard InChI is InChI=1S/C19H18FN3O2S/c20-18-6-8-19(9-7-18)22-11-13-23(14-12-22)26(24,25)15-2-1-4-17-5-3-10-21-16-17/h2-3,5-10,15-16H,11-14H2/b15-2+. The second-order valence-corrected chi connectivity index (χ2v) is 7.54. The molecule has 1 aliphatic heterocycles. The molecule has 0 atom stereocenters. The zero-order chi connectivity index (χ0) is 18.4. The molecule has 0 bridgehead atoms. The predicted molar refractivity (Wildman–Crippen MR) is 99.4 cm³/mol. The van der Waals surface area contributed by atoms with Crippen LogP contribution in [0.15, 0.2) is 60.3 Å². The van der Waals surface area contributed by atoms with Gasteiger partial charge in [0.1, 0.15) is 5.82 Å². The van der Waals surface area contributed by atoms with Gasteiger partial charge in [0.05, 0.1) is 5.41 Å². The van der Waals surface area contributed by atoms with E-state index in [-0.39, 0.29) is 5.82 Å². The fourth-order valence-corrected chi connectivity index (χ4v) is 3.70. The van der Waals surface area contributed by atoms with Crippen LogP contribution in [0.5, 0.6) is 0 Å². The Morgan fingerprint density at radius 2 is 1.81 bits per heavy atom. The molecule has 1 saturated heterocycles. The third-order valence-corrected chi connectivity index (χ3v) is 5.56. The molecule has 0 amide bonds. The summed E-state index contributed by atoms with van der Waals surface area (Å²) in [7, 11) is -3.50. The largest absolute Gasteiger partial charge is 0.369 e. The number of pyridine rings is 1. The van der Waals surface area contributed by atoms with Crippen LogP contribution in [0, 0.1) is 17.7 Å². The summed E-state index contributed by atoms with van der Waals surface area (Å²) < 4.78 is 39.2. The number of sulfonamides is 1. The van der Waals surface area contributed by atoms with Crippen LogP contribution in [-0.2, 0) is 10.0 Å². The van der Waals surface area contributed by atoms with E-state index < -0.39 is 10.0 Å². The molecule has 1 aromatic heterocycles. The van der Waals surface area contributed by atoms with Gasteiger partial charge in [-0.15, -0.1) is 0 Å². The average molecular weight is 371 g/mol. The van der Waals surface area contributed by atoms with E-state index in [0.29, 0.717) is 26.2 Å². The molecule has 1 fully saturated rings. The fraction of sp³-hybridized carbons (Fsp3) is 0.211. The number of aromatic nitrogens is 1. The molecule has 1 aliphatic rings. The lowest BCUT2D eigenvalue weighted by molar-refractivity contribution is 0.390. The summed E-state index contributed by atoms with van der Waals surface area (Å²) in [6, 6.07) is 9.78. The Hall–Kier alpha value is -2.69. The highest BCUT2D eigenvalue weighted by molar-refractivity contribution is 7.92. The summed E-state index contributed by atoms with van der Waals surface area (Å²) in [5, 5.41) is 1.13. The summed E-state index contributed by atoms with van der Waals surface area (Å²) in [6.45, 7) is 1.86. The van der Waals surface area contributed by atoms with Crippen LogP contribution in [0.4, 0.5) is 10.1 Å². The van der Waals surface area contributed by atoms with Crippen molar-refractivity contribution in [2.75, 3.05) is 31.1 Å². The molecule has 1 aromatic carbocycles. The quantitative estimate of drug-likeness (QED) is 0.777. The number of anilines is 1. The van der Waals surface area contributed by atoms with E-state index in [2.05, 4.69) is 16.8 Å². The van der Waals surface area contributed by atoms with Crippen molar-refractivity contribution in [1.82, 2.24) is 9.29 Å². The molecule has 3 rings (SSSR count). The number of halogens is 1. The number of nitrogens with zero attached hydrogens (tertiary/aromatic N) is 3. The van der Waals surface area contributed by atoms with Gasteiger partial charge in [0.25, 0.3) is 0 Å². The minimum absolute atomic E-state index is 0.285. The number of hydrogen-bond acceptors (Lipinski definition) is 4. The van der Waals surface area contributed by atoms with Crippen LogP contribution in [0.25, 0.3) is 0 Å². The van der Waals surface area contributed by atoms with E-state index in [4.69, 9.17) is 0 Å². The van der Waals surface area contributed by atoms with Gasteiger partial charge in [-0.05, 0) is 36.4 Å². The molecule has 26 heavy (non-hydrogen) atoms. The van der Waals surface area contributed by atoms with Crippen molar-refractivity contribution < 1.29 is 12.8 Å². The Morgan fingerprint density at radius 3 is 2.46 bits per heavy atom. The summed E-state index contributed by atoms with van der Waals surface area (Å²) >= 11 is 0. The van der Waals surface area contributed by atoms with Crippen molar-refractivity contribution in [3.8, 4) is 11.8 Å². The molecule has 0 N–H and O–H groups in total. The topological polar surface area (TPSA) is 53.5 Å². The van der Waals surface area contributed by atoms with Crippen LogP contribution >= 0.6 is 0 Å². The Bertz CT molecular complexity index is 924. The van der Waals surface area contributed by atoms with Crippen LogP contribution in [0.2, 0.25) is 0 Å². The predicted octanol–water partition coefficient (Wildman–Crippen LogP) is 2.24. The van der Waals surface area contributed by atoms with Crippen molar-refractivity contribution in [3.05, 3.63) is 71.7 Å². The first-order valence-electron chi connectivity index (χ1n) is 8.13. The molecule has 2 aromatic rings. The van der Waals surface area contributed by atoms with Crippen LogP contribution < -0.4 is 4.90 Å².